The van der Waals surface area contributed by atoms with E-state index in [-0.39, 0.29) is 29.8 Å². The summed E-state index contributed by atoms with van der Waals surface area (Å²) in [6.07, 6.45) is 8.44. The number of carbonyl (C=O) groups excluding carboxylic acids is 2. The van der Waals surface area contributed by atoms with E-state index in [1.807, 2.05) is 0 Å². The number of nitrogens with zero attached hydrogens (tertiary/aromatic N) is 3. The van der Waals surface area contributed by atoms with Gasteiger partial charge < -0.3 is 15.6 Å². The second-order valence-electron chi connectivity index (χ2n) is 8.94. The summed E-state index contributed by atoms with van der Waals surface area (Å²) in [5, 5.41) is 5.21. The Balaban J connectivity index is 1.26. The van der Waals surface area contributed by atoms with Crippen molar-refractivity contribution in [2.75, 3.05) is 11.9 Å². The van der Waals surface area contributed by atoms with Crippen LogP contribution in [-0.4, -0.2) is 37.9 Å². The Hall–Kier alpha value is -5.26. The van der Waals surface area contributed by atoms with Crippen LogP contribution in [-0.2, 0) is 11.3 Å². The molecule has 2 aromatic heterocycles. The third-order valence-electron chi connectivity index (χ3n) is 6.20. The first-order valence-electron chi connectivity index (χ1n) is 12.0. The Morgan fingerprint density at radius 1 is 1.10 bits per heavy atom. The number of carbonyl (C=O) groups is 2. The minimum absolute atomic E-state index is 0.00561. The zero-order valence-corrected chi connectivity index (χ0v) is 21.0. The number of benzene rings is 2. The molecular weight excluding hydrogens is 525 g/mol. The lowest BCUT2D eigenvalue weighted by Crippen LogP contribution is -2.33. The molecule has 0 unspecified atom stereocenters. The summed E-state index contributed by atoms with van der Waals surface area (Å²) < 4.78 is 42.8. The van der Waals surface area contributed by atoms with Crippen LogP contribution in [0.1, 0.15) is 38.4 Å². The number of amides is 2. The third kappa shape index (κ3) is 5.32. The molecule has 4 aromatic rings. The fraction of sp³-hybridized carbons (Fsp3) is 0.107. The lowest BCUT2D eigenvalue weighted by atomic mass is 10.0. The van der Waals surface area contributed by atoms with Crippen LogP contribution in [0.25, 0.3) is 17.7 Å². The Kier molecular flexibility index (Phi) is 7.15. The molecule has 0 aliphatic carbocycles. The molecule has 12 heteroatoms. The van der Waals surface area contributed by atoms with Crippen molar-refractivity contribution in [3.05, 3.63) is 117 Å². The summed E-state index contributed by atoms with van der Waals surface area (Å²) in [4.78, 5) is 48.7. The number of aryl methyl sites for hydroxylation is 1. The molecule has 0 saturated heterocycles. The Morgan fingerprint density at radius 2 is 1.93 bits per heavy atom. The molecule has 1 aliphatic heterocycles. The average Bonchev–Trinajstić information content (AvgIpc) is 3.47. The van der Waals surface area contributed by atoms with Gasteiger partial charge in [0, 0.05) is 18.3 Å². The van der Waals surface area contributed by atoms with Gasteiger partial charge in [-0.1, -0.05) is 18.2 Å². The second kappa shape index (κ2) is 10.8. The number of anilines is 1. The van der Waals surface area contributed by atoms with Crippen LogP contribution in [0.4, 0.5) is 18.9 Å². The molecule has 3 N–H and O–H groups in total. The molecule has 1 aliphatic rings. The van der Waals surface area contributed by atoms with E-state index in [1.54, 1.807) is 31.2 Å². The number of H-pyrrole nitrogens is 1. The number of aromatic amines is 1. The topological polar surface area (TPSA) is 122 Å². The van der Waals surface area contributed by atoms with E-state index in [0.717, 1.165) is 22.9 Å². The van der Waals surface area contributed by atoms with Crippen molar-refractivity contribution in [2.45, 2.75) is 13.5 Å². The van der Waals surface area contributed by atoms with Gasteiger partial charge in [-0.15, -0.1) is 0 Å². The largest absolute Gasteiger partial charge is 0.348 e. The van der Waals surface area contributed by atoms with Crippen LogP contribution in [0.3, 0.4) is 0 Å². The highest BCUT2D eigenvalue weighted by atomic mass is 19.2. The highest BCUT2D eigenvalue weighted by molar-refractivity contribution is 6.35. The number of hydrogen-bond donors (Lipinski definition) is 3. The SMILES string of the molecule is Cc1nc[nH]c1C=C1C(=O)Nc2cc(/C=C/CNC(=O)c3cncn(Cc4ccc(F)c(F)c4)c3=O)cc(F)c21. The fourth-order valence-electron chi connectivity index (χ4n) is 4.20. The molecule has 0 spiro atoms. The zero-order valence-electron chi connectivity index (χ0n) is 21.0. The summed E-state index contributed by atoms with van der Waals surface area (Å²) in [5.74, 6) is -3.79. The van der Waals surface area contributed by atoms with E-state index < -0.39 is 34.8 Å². The van der Waals surface area contributed by atoms with Gasteiger partial charge in [0.15, 0.2) is 11.6 Å². The lowest BCUT2D eigenvalue weighted by molar-refractivity contribution is -0.110. The number of aromatic nitrogens is 4. The van der Waals surface area contributed by atoms with E-state index in [4.69, 9.17) is 0 Å². The van der Waals surface area contributed by atoms with Gasteiger partial charge in [-0.05, 0) is 48.4 Å². The number of rotatable bonds is 7. The third-order valence-corrected chi connectivity index (χ3v) is 6.20. The number of imidazole rings is 1. The standard InChI is InChI=1S/C28H21F3N6O3/c1-15-23(35-13-34-15)10-18-25-22(31)7-16(9-24(25)36-27(18)39)3-2-6-33-26(38)19-11-32-14-37(28(19)40)12-17-4-5-20(29)21(30)8-17/h2-5,7-11,13-14H,6,12H2,1H3,(H,33,38)(H,34,35)(H,36,39)/b3-2+,18-10?. The minimum Gasteiger partial charge on any atom is -0.348 e. The second-order valence-corrected chi connectivity index (χ2v) is 8.94. The number of fused-ring (bicyclic) bond motifs is 1. The Morgan fingerprint density at radius 3 is 2.67 bits per heavy atom. The van der Waals surface area contributed by atoms with Gasteiger partial charge >= 0.3 is 0 Å². The summed E-state index contributed by atoms with van der Waals surface area (Å²) in [6, 6.07) is 6.11. The van der Waals surface area contributed by atoms with Gasteiger partial charge in [0.25, 0.3) is 17.4 Å². The molecule has 9 nitrogen and oxygen atoms in total. The first kappa shape index (κ1) is 26.4. The molecule has 5 rings (SSSR count). The summed E-state index contributed by atoms with van der Waals surface area (Å²) in [5.41, 5.74) is 1.78. The maximum Gasteiger partial charge on any atom is 0.266 e. The van der Waals surface area contributed by atoms with Crippen LogP contribution in [0.15, 0.2) is 60.1 Å². The van der Waals surface area contributed by atoms with E-state index in [1.165, 1.54) is 24.8 Å². The fourth-order valence-corrected chi connectivity index (χ4v) is 4.20. The highest BCUT2D eigenvalue weighted by Crippen LogP contribution is 2.36. The van der Waals surface area contributed by atoms with Crippen LogP contribution in [0, 0.1) is 24.4 Å². The van der Waals surface area contributed by atoms with Crippen LogP contribution < -0.4 is 16.2 Å². The quantitative estimate of drug-likeness (QED) is 0.306. The Labute approximate surface area is 225 Å². The van der Waals surface area contributed by atoms with Crippen molar-refractivity contribution in [2.24, 2.45) is 0 Å². The molecule has 0 fully saturated rings. The van der Waals surface area contributed by atoms with Crippen molar-refractivity contribution in [3.63, 3.8) is 0 Å². The van der Waals surface area contributed by atoms with Crippen molar-refractivity contribution < 1.29 is 22.8 Å². The maximum atomic E-state index is 15.0. The predicted molar refractivity (Wildman–Crippen MR) is 142 cm³/mol. The zero-order chi connectivity index (χ0) is 28.4. The molecule has 40 heavy (non-hydrogen) atoms. The summed E-state index contributed by atoms with van der Waals surface area (Å²) in [7, 11) is 0. The van der Waals surface area contributed by atoms with Crippen LogP contribution >= 0.6 is 0 Å². The lowest BCUT2D eigenvalue weighted by Gasteiger charge is -2.08. The normalized spacial score (nSPS) is 13.6. The first-order chi connectivity index (χ1) is 19.2. The molecule has 202 valence electrons. The number of hydrogen-bond acceptors (Lipinski definition) is 5. The molecule has 0 saturated carbocycles. The van der Waals surface area contributed by atoms with Crippen LogP contribution in [0.2, 0.25) is 0 Å². The van der Waals surface area contributed by atoms with Gasteiger partial charge in [-0.25, -0.2) is 23.1 Å². The first-order valence-corrected chi connectivity index (χ1v) is 12.0. The van der Waals surface area contributed by atoms with Gasteiger partial charge in [0.2, 0.25) is 0 Å². The monoisotopic (exact) mass is 546 g/mol. The highest BCUT2D eigenvalue weighted by Gasteiger charge is 2.28. The number of nitrogens with one attached hydrogen (secondary N) is 3. The van der Waals surface area contributed by atoms with Crippen molar-refractivity contribution in [1.29, 1.82) is 0 Å². The summed E-state index contributed by atoms with van der Waals surface area (Å²) >= 11 is 0. The number of halogens is 3. The molecule has 0 bridgehead atoms. The van der Waals surface area contributed by atoms with E-state index >= 15 is 0 Å². The average molecular weight is 547 g/mol. The predicted octanol–water partition coefficient (Wildman–Crippen LogP) is 3.68. The van der Waals surface area contributed by atoms with E-state index in [2.05, 4.69) is 25.6 Å². The van der Waals surface area contributed by atoms with Crippen molar-refractivity contribution in [3.8, 4) is 0 Å². The van der Waals surface area contributed by atoms with Gasteiger partial charge in [-0.2, -0.15) is 0 Å². The maximum absolute atomic E-state index is 15.0. The van der Waals surface area contributed by atoms with Crippen molar-refractivity contribution >= 4 is 35.2 Å². The molecule has 2 aromatic carbocycles. The Bertz CT molecular complexity index is 1770. The molecule has 3 heterocycles. The van der Waals surface area contributed by atoms with Gasteiger partial charge in [-0.3, -0.25) is 19.0 Å². The minimum atomic E-state index is -1.05. The summed E-state index contributed by atoms with van der Waals surface area (Å²) in [6.45, 7) is 1.66. The van der Waals surface area contributed by atoms with Gasteiger partial charge in [0.05, 0.1) is 41.8 Å². The van der Waals surface area contributed by atoms with Gasteiger partial charge in [0.1, 0.15) is 11.4 Å². The smallest absolute Gasteiger partial charge is 0.266 e. The van der Waals surface area contributed by atoms with Crippen LogP contribution in [0.5, 0.6) is 0 Å². The molecular formula is C28H21F3N6O3. The molecule has 2 amide bonds. The molecule has 0 atom stereocenters. The van der Waals surface area contributed by atoms with E-state index in [9.17, 15) is 27.6 Å². The van der Waals surface area contributed by atoms with Crippen molar-refractivity contribution in [1.82, 2.24) is 24.8 Å². The molecule has 0 radical (unpaired) electrons. The van der Waals surface area contributed by atoms with E-state index in [0.29, 0.717) is 28.2 Å².